The van der Waals surface area contributed by atoms with E-state index in [4.69, 9.17) is 11.5 Å². The monoisotopic (exact) mass is 298 g/mol. The van der Waals surface area contributed by atoms with Crippen molar-refractivity contribution < 1.29 is 8.78 Å². The molecule has 0 atom stereocenters. The Morgan fingerprint density at radius 1 is 1.14 bits per heavy atom. The number of guanidine groups is 1. The molecule has 0 spiro atoms. The van der Waals surface area contributed by atoms with E-state index >= 15 is 0 Å². The Labute approximate surface area is 124 Å². The average Bonchev–Trinajstić information content (AvgIpc) is 2.32. The zero-order valence-electron chi connectivity index (χ0n) is 12.8. The molecule has 5 N–H and O–H groups in total. The second-order valence-corrected chi connectivity index (χ2v) is 6.08. The number of aliphatic imine (C=N–C) groups is 1. The molecule has 0 aromatic heterocycles. The molecule has 0 aliphatic carbocycles. The third-order valence-electron chi connectivity index (χ3n) is 3.04. The standard InChI is InChI=1S/C15H24F2N4/c1-14(2,3)12-6-4-11(5-7-12)10-20-9-8-15(16,17)21-13(18)19/h4-7,20H,8-10H2,1-3H3,(H4,18,19,21). The summed E-state index contributed by atoms with van der Waals surface area (Å²) in [5.74, 6) is -0.599. The number of alkyl halides is 2. The van der Waals surface area contributed by atoms with Gasteiger partial charge in [-0.05, 0) is 16.5 Å². The number of nitrogens with zero attached hydrogens (tertiary/aromatic N) is 1. The second-order valence-electron chi connectivity index (χ2n) is 6.08. The molecule has 0 saturated heterocycles. The van der Waals surface area contributed by atoms with Gasteiger partial charge in [-0.15, -0.1) is 0 Å². The summed E-state index contributed by atoms with van der Waals surface area (Å²) in [6.45, 7) is 7.09. The molecular weight excluding hydrogens is 274 g/mol. The number of halogens is 2. The highest BCUT2D eigenvalue weighted by molar-refractivity contribution is 5.75. The molecule has 0 amide bonds. The normalized spacial score (nSPS) is 12.2. The number of hydrogen-bond donors (Lipinski definition) is 3. The molecule has 1 aromatic carbocycles. The Kier molecular flexibility index (Phi) is 5.66. The number of rotatable bonds is 6. The highest BCUT2D eigenvalue weighted by Gasteiger charge is 2.27. The first-order valence-corrected chi connectivity index (χ1v) is 6.89. The van der Waals surface area contributed by atoms with Crippen LogP contribution in [0.25, 0.3) is 0 Å². The van der Waals surface area contributed by atoms with Crippen molar-refractivity contribution in [2.75, 3.05) is 6.54 Å². The summed E-state index contributed by atoms with van der Waals surface area (Å²) >= 11 is 0. The van der Waals surface area contributed by atoms with Crippen LogP contribution in [-0.4, -0.2) is 18.6 Å². The summed E-state index contributed by atoms with van der Waals surface area (Å²) in [5.41, 5.74) is 12.3. The van der Waals surface area contributed by atoms with E-state index in [1.165, 1.54) is 5.56 Å². The van der Waals surface area contributed by atoms with Gasteiger partial charge in [-0.3, -0.25) is 0 Å². The van der Waals surface area contributed by atoms with Gasteiger partial charge in [0.2, 0.25) is 0 Å². The SMILES string of the molecule is CC(C)(C)c1ccc(CNCCC(F)(F)N=C(N)N)cc1. The maximum Gasteiger partial charge on any atom is 0.346 e. The predicted molar refractivity (Wildman–Crippen MR) is 82.2 cm³/mol. The van der Waals surface area contributed by atoms with Gasteiger partial charge in [0, 0.05) is 19.5 Å². The molecule has 6 heteroatoms. The first-order valence-electron chi connectivity index (χ1n) is 6.89. The minimum absolute atomic E-state index is 0.105. The van der Waals surface area contributed by atoms with Crippen molar-refractivity contribution in [3.05, 3.63) is 35.4 Å². The fraction of sp³-hybridized carbons (Fsp3) is 0.533. The van der Waals surface area contributed by atoms with E-state index in [9.17, 15) is 8.78 Å². The summed E-state index contributed by atoms with van der Waals surface area (Å²) in [6, 6.07) is 4.90. The molecule has 118 valence electrons. The maximum absolute atomic E-state index is 13.2. The van der Waals surface area contributed by atoms with E-state index in [2.05, 4.69) is 43.2 Å². The second kappa shape index (κ2) is 6.85. The third-order valence-corrected chi connectivity index (χ3v) is 3.04. The van der Waals surface area contributed by atoms with Gasteiger partial charge in [0.25, 0.3) is 0 Å². The van der Waals surface area contributed by atoms with E-state index < -0.39 is 18.4 Å². The van der Waals surface area contributed by atoms with Gasteiger partial charge in [0.15, 0.2) is 5.96 Å². The van der Waals surface area contributed by atoms with Crippen LogP contribution in [0.4, 0.5) is 8.78 Å². The smallest absolute Gasteiger partial charge is 0.346 e. The molecule has 0 unspecified atom stereocenters. The van der Waals surface area contributed by atoms with Crippen molar-refractivity contribution >= 4 is 5.96 Å². The van der Waals surface area contributed by atoms with Crippen LogP contribution in [-0.2, 0) is 12.0 Å². The minimum atomic E-state index is -3.22. The van der Waals surface area contributed by atoms with Crippen LogP contribution < -0.4 is 16.8 Å². The molecule has 1 aromatic rings. The number of benzene rings is 1. The van der Waals surface area contributed by atoms with Crippen molar-refractivity contribution in [2.24, 2.45) is 16.5 Å². The third kappa shape index (κ3) is 6.53. The summed E-state index contributed by atoms with van der Waals surface area (Å²) in [5, 5.41) is 2.96. The van der Waals surface area contributed by atoms with Crippen molar-refractivity contribution in [2.45, 2.75) is 45.2 Å². The van der Waals surface area contributed by atoms with Gasteiger partial charge in [0.05, 0.1) is 0 Å². The zero-order chi connectivity index (χ0) is 16.1. The molecule has 0 bridgehead atoms. The van der Waals surface area contributed by atoms with Gasteiger partial charge in [-0.2, -0.15) is 13.8 Å². The molecule has 0 fully saturated rings. The quantitative estimate of drug-likeness (QED) is 0.326. The highest BCUT2D eigenvalue weighted by Crippen LogP contribution is 2.22. The van der Waals surface area contributed by atoms with Crippen LogP contribution >= 0.6 is 0 Å². The van der Waals surface area contributed by atoms with E-state index in [0.29, 0.717) is 6.54 Å². The summed E-state index contributed by atoms with van der Waals surface area (Å²) < 4.78 is 26.4. The van der Waals surface area contributed by atoms with Gasteiger partial charge < -0.3 is 16.8 Å². The lowest BCUT2D eigenvalue weighted by Gasteiger charge is -2.19. The molecular formula is C15H24F2N4. The molecule has 4 nitrogen and oxygen atoms in total. The molecule has 1 rings (SSSR count). The summed E-state index contributed by atoms with van der Waals surface area (Å²) in [4.78, 5) is 2.89. The van der Waals surface area contributed by atoms with Crippen molar-refractivity contribution in [3.63, 3.8) is 0 Å². The average molecular weight is 298 g/mol. The van der Waals surface area contributed by atoms with Crippen LogP contribution in [0.2, 0.25) is 0 Å². The van der Waals surface area contributed by atoms with Crippen LogP contribution in [0.1, 0.15) is 38.3 Å². The molecule has 0 radical (unpaired) electrons. The Hall–Kier alpha value is -1.69. The van der Waals surface area contributed by atoms with Crippen molar-refractivity contribution in [3.8, 4) is 0 Å². The van der Waals surface area contributed by atoms with Crippen LogP contribution in [0, 0.1) is 0 Å². The fourth-order valence-corrected chi connectivity index (χ4v) is 1.84. The number of nitrogens with two attached hydrogens (primary N) is 2. The minimum Gasteiger partial charge on any atom is -0.370 e. The molecule has 0 aliphatic rings. The lowest BCUT2D eigenvalue weighted by atomic mass is 9.87. The Morgan fingerprint density at radius 2 is 1.71 bits per heavy atom. The zero-order valence-corrected chi connectivity index (χ0v) is 12.8. The lowest BCUT2D eigenvalue weighted by molar-refractivity contribution is 0.00250. The predicted octanol–water partition coefficient (Wildman–Crippen LogP) is 2.33. The fourth-order valence-electron chi connectivity index (χ4n) is 1.84. The maximum atomic E-state index is 13.2. The number of nitrogens with one attached hydrogen (secondary N) is 1. The van der Waals surface area contributed by atoms with Crippen LogP contribution in [0.3, 0.4) is 0 Å². The first-order chi connectivity index (χ1) is 9.60. The van der Waals surface area contributed by atoms with E-state index in [1.807, 2.05) is 12.1 Å². The van der Waals surface area contributed by atoms with Gasteiger partial charge in [-0.1, -0.05) is 45.0 Å². The van der Waals surface area contributed by atoms with Crippen LogP contribution in [0.5, 0.6) is 0 Å². The Morgan fingerprint density at radius 3 is 2.19 bits per heavy atom. The Balaban J connectivity index is 2.42. The van der Waals surface area contributed by atoms with Crippen LogP contribution in [0.15, 0.2) is 29.3 Å². The summed E-state index contributed by atoms with van der Waals surface area (Å²) in [7, 11) is 0. The van der Waals surface area contributed by atoms with E-state index in [1.54, 1.807) is 0 Å². The van der Waals surface area contributed by atoms with E-state index in [-0.39, 0.29) is 12.0 Å². The molecule has 0 saturated carbocycles. The van der Waals surface area contributed by atoms with Gasteiger partial charge >= 0.3 is 6.05 Å². The molecule has 0 aliphatic heterocycles. The van der Waals surface area contributed by atoms with Crippen molar-refractivity contribution in [1.29, 1.82) is 0 Å². The topological polar surface area (TPSA) is 76.4 Å². The first kappa shape index (κ1) is 17.4. The van der Waals surface area contributed by atoms with Crippen molar-refractivity contribution in [1.82, 2.24) is 5.32 Å². The Bertz CT molecular complexity index is 471. The largest absolute Gasteiger partial charge is 0.370 e. The van der Waals surface area contributed by atoms with Gasteiger partial charge in [0.1, 0.15) is 0 Å². The number of hydrogen-bond acceptors (Lipinski definition) is 2. The highest BCUT2D eigenvalue weighted by atomic mass is 19.3. The lowest BCUT2D eigenvalue weighted by Crippen LogP contribution is -2.30. The molecule has 21 heavy (non-hydrogen) atoms. The molecule has 0 heterocycles. The summed E-state index contributed by atoms with van der Waals surface area (Å²) in [6.07, 6.45) is -0.440. The van der Waals surface area contributed by atoms with E-state index in [0.717, 1.165) is 5.56 Å². The van der Waals surface area contributed by atoms with Gasteiger partial charge in [-0.25, -0.2) is 0 Å².